The van der Waals surface area contributed by atoms with Crippen molar-refractivity contribution in [3.63, 3.8) is 0 Å². The minimum atomic E-state index is 0.234. The third kappa shape index (κ3) is 4.81. The van der Waals surface area contributed by atoms with Gasteiger partial charge in [-0.05, 0) is 50.6 Å². The molecule has 0 radical (unpaired) electrons. The Morgan fingerprint density at radius 1 is 1.28 bits per heavy atom. The highest BCUT2D eigenvalue weighted by Crippen LogP contribution is 2.29. The molecule has 2 unspecified atom stereocenters. The zero-order chi connectivity index (χ0) is 12.8. The normalized spacial score (nSPS) is 29.4. The van der Waals surface area contributed by atoms with Crippen molar-refractivity contribution in [2.75, 3.05) is 25.4 Å². The zero-order valence-electron chi connectivity index (χ0n) is 11.4. The lowest BCUT2D eigenvalue weighted by molar-refractivity contribution is -0.118. The Balaban J connectivity index is 1.54. The number of thioether (sulfide) groups is 1. The molecular formula is C14H26N2OS. The summed E-state index contributed by atoms with van der Waals surface area (Å²) in [5, 5.41) is 7.15. The Kier molecular flexibility index (Phi) is 5.83. The molecule has 0 aromatic heterocycles. The predicted molar refractivity (Wildman–Crippen MR) is 77.9 cm³/mol. The number of hydrogen-bond acceptors (Lipinski definition) is 3. The van der Waals surface area contributed by atoms with E-state index in [0.29, 0.717) is 11.0 Å². The first-order chi connectivity index (χ1) is 8.74. The second-order valence-corrected chi connectivity index (χ2v) is 7.14. The average Bonchev–Trinajstić information content (AvgIpc) is 2.81. The van der Waals surface area contributed by atoms with E-state index >= 15 is 0 Å². The van der Waals surface area contributed by atoms with Crippen molar-refractivity contribution in [2.45, 2.75) is 44.3 Å². The van der Waals surface area contributed by atoms with Crippen LogP contribution in [0.2, 0.25) is 0 Å². The van der Waals surface area contributed by atoms with Crippen molar-refractivity contribution in [1.29, 1.82) is 0 Å². The Bertz CT molecular complexity index is 256. The number of amides is 1. The number of piperidine rings is 1. The van der Waals surface area contributed by atoms with E-state index in [2.05, 4.69) is 17.6 Å². The molecule has 2 atom stereocenters. The van der Waals surface area contributed by atoms with E-state index in [1.54, 1.807) is 0 Å². The Labute approximate surface area is 115 Å². The predicted octanol–water partition coefficient (Wildman–Crippen LogP) is 2.02. The lowest BCUT2D eigenvalue weighted by Gasteiger charge is -2.21. The van der Waals surface area contributed by atoms with E-state index in [-0.39, 0.29) is 5.91 Å². The highest BCUT2D eigenvalue weighted by Gasteiger charge is 2.21. The molecule has 1 heterocycles. The minimum Gasteiger partial charge on any atom is -0.355 e. The summed E-state index contributed by atoms with van der Waals surface area (Å²) in [5.41, 5.74) is 0. The number of hydrogen-bond donors (Lipinski definition) is 2. The fraction of sp³-hybridized carbons (Fsp3) is 0.929. The van der Waals surface area contributed by atoms with Crippen LogP contribution in [0.3, 0.4) is 0 Å². The summed E-state index contributed by atoms with van der Waals surface area (Å²) in [4.78, 5) is 11.8. The summed E-state index contributed by atoms with van der Waals surface area (Å²) in [5.74, 6) is 2.47. The van der Waals surface area contributed by atoms with Gasteiger partial charge in [0.2, 0.25) is 5.91 Å². The van der Waals surface area contributed by atoms with Gasteiger partial charge in [0.25, 0.3) is 0 Å². The van der Waals surface area contributed by atoms with Crippen LogP contribution in [0.5, 0.6) is 0 Å². The standard InChI is InChI=1S/C14H26N2OS/c1-11-2-3-12(8-11)9-16-14(17)10-18-13-4-6-15-7-5-13/h11-13,15H,2-10H2,1H3,(H,16,17). The number of carbonyl (C=O) groups is 1. The van der Waals surface area contributed by atoms with Gasteiger partial charge in [-0.1, -0.05) is 13.3 Å². The lowest BCUT2D eigenvalue weighted by Crippen LogP contribution is -2.33. The van der Waals surface area contributed by atoms with Crippen LogP contribution in [0.1, 0.15) is 39.0 Å². The highest BCUT2D eigenvalue weighted by atomic mass is 32.2. The molecular weight excluding hydrogens is 244 g/mol. The van der Waals surface area contributed by atoms with Gasteiger partial charge in [0.05, 0.1) is 5.75 Å². The van der Waals surface area contributed by atoms with Crippen LogP contribution in [-0.2, 0) is 4.79 Å². The Morgan fingerprint density at radius 2 is 2.06 bits per heavy atom. The monoisotopic (exact) mass is 270 g/mol. The van der Waals surface area contributed by atoms with Gasteiger partial charge in [-0.15, -0.1) is 11.8 Å². The van der Waals surface area contributed by atoms with Gasteiger partial charge in [0.15, 0.2) is 0 Å². The third-order valence-corrected chi connectivity index (χ3v) is 5.50. The molecule has 104 valence electrons. The third-order valence-electron chi connectivity index (χ3n) is 4.13. The van der Waals surface area contributed by atoms with Crippen molar-refractivity contribution >= 4 is 17.7 Å². The Morgan fingerprint density at radius 3 is 2.72 bits per heavy atom. The average molecular weight is 270 g/mol. The van der Waals surface area contributed by atoms with Gasteiger partial charge >= 0.3 is 0 Å². The Hall–Kier alpha value is -0.220. The van der Waals surface area contributed by atoms with Crippen molar-refractivity contribution in [3.05, 3.63) is 0 Å². The maximum absolute atomic E-state index is 11.8. The smallest absolute Gasteiger partial charge is 0.230 e. The molecule has 0 bridgehead atoms. The molecule has 2 aliphatic rings. The lowest BCUT2D eigenvalue weighted by atomic mass is 10.1. The molecule has 0 spiro atoms. The van der Waals surface area contributed by atoms with Crippen LogP contribution in [0, 0.1) is 11.8 Å². The van der Waals surface area contributed by atoms with Crippen LogP contribution in [0.15, 0.2) is 0 Å². The van der Waals surface area contributed by atoms with Gasteiger partial charge < -0.3 is 10.6 Å². The molecule has 2 rings (SSSR count). The summed E-state index contributed by atoms with van der Waals surface area (Å²) in [6, 6.07) is 0. The van der Waals surface area contributed by atoms with Gasteiger partial charge in [0.1, 0.15) is 0 Å². The molecule has 3 nitrogen and oxygen atoms in total. The molecule has 18 heavy (non-hydrogen) atoms. The fourth-order valence-electron chi connectivity index (χ4n) is 2.98. The molecule has 1 saturated carbocycles. The van der Waals surface area contributed by atoms with Gasteiger partial charge in [-0.25, -0.2) is 0 Å². The van der Waals surface area contributed by atoms with Crippen molar-refractivity contribution in [1.82, 2.24) is 10.6 Å². The number of rotatable bonds is 5. The summed E-state index contributed by atoms with van der Waals surface area (Å²) in [6.45, 7) is 5.43. The summed E-state index contributed by atoms with van der Waals surface area (Å²) < 4.78 is 0. The first-order valence-corrected chi connectivity index (χ1v) is 8.38. The van der Waals surface area contributed by atoms with Gasteiger partial charge in [-0.3, -0.25) is 4.79 Å². The number of nitrogens with one attached hydrogen (secondary N) is 2. The second kappa shape index (κ2) is 7.39. The molecule has 1 aliphatic carbocycles. The maximum atomic E-state index is 11.8. The fourth-order valence-corrected chi connectivity index (χ4v) is 4.03. The molecule has 4 heteroatoms. The van der Waals surface area contributed by atoms with E-state index in [0.717, 1.165) is 31.5 Å². The summed E-state index contributed by atoms with van der Waals surface area (Å²) >= 11 is 1.84. The van der Waals surface area contributed by atoms with E-state index in [9.17, 15) is 4.79 Å². The number of carbonyl (C=O) groups excluding carboxylic acids is 1. The molecule has 0 aromatic rings. The van der Waals surface area contributed by atoms with Crippen LogP contribution in [0.4, 0.5) is 0 Å². The molecule has 2 fully saturated rings. The summed E-state index contributed by atoms with van der Waals surface area (Å²) in [6.07, 6.45) is 6.34. The topological polar surface area (TPSA) is 41.1 Å². The van der Waals surface area contributed by atoms with Crippen LogP contribution < -0.4 is 10.6 Å². The minimum absolute atomic E-state index is 0.234. The maximum Gasteiger partial charge on any atom is 0.230 e. The molecule has 0 aromatic carbocycles. The molecule has 2 N–H and O–H groups in total. The SMILES string of the molecule is CC1CCC(CNC(=O)CSC2CCNCC2)C1. The molecule has 1 aliphatic heterocycles. The van der Waals surface area contributed by atoms with Gasteiger partial charge in [0, 0.05) is 11.8 Å². The van der Waals surface area contributed by atoms with Crippen LogP contribution in [-0.4, -0.2) is 36.5 Å². The first-order valence-electron chi connectivity index (χ1n) is 7.33. The largest absolute Gasteiger partial charge is 0.355 e. The van der Waals surface area contributed by atoms with Crippen molar-refractivity contribution in [3.8, 4) is 0 Å². The van der Waals surface area contributed by atoms with Crippen molar-refractivity contribution < 1.29 is 4.79 Å². The molecule has 1 amide bonds. The highest BCUT2D eigenvalue weighted by molar-refractivity contribution is 8.00. The van der Waals surface area contributed by atoms with Crippen LogP contribution in [0.25, 0.3) is 0 Å². The van der Waals surface area contributed by atoms with E-state index in [4.69, 9.17) is 0 Å². The first kappa shape index (κ1) is 14.2. The van der Waals surface area contributed by atoms with Gasteiger partial charge in [-0.2, -0.15) is 0 Å². The second-order valence-electron chi connectivity index (χ2n) is 5.85. The van der Waals surface area contributed by atoms with E-state index in [1.165, 1.54) is 32.1 Å². The van der Waals surface area contributed by atoms with Crippen LogP contribution >= 0.6 is 11.8 Å². The van der Waals surface area contributed by atoms with Crippen molar-refractivity contribution in [2.24, 2.45) is 11.8 Å². The zero-order valence-corrected chi connectivity index (χ0v) is 12.2. The summed E-state index contributed by atoms with van der Waals surface area (Å²) in [7, 11) is 0. The van der Waals surface area contributed by atoms with E-state index in [1.807, 2.05) is 11.8 Å². The quantitative estimate of drug-likeness (QED) is 0.803. The molecule has 1 saturated heterocycles. The van der Waals surface area contributed by atoms with E-state index < -0.39 is 0 Å².